The molecular weight excluding hydrogens is 329 g/mol. The molecule has 1 fully saturated rings. The van der Waals surface area contributed by atoms with Crippen molar-refractivity contribution in [1.29, 1.82) is 0 Å². The fourth-order valence-corrected chi connectivity index (χ4v) is 1.67. The minimum atomic E-state index is 0. The normalized spacial score (nSPS) is 20.5. The molecule has 0 aromatic heterocycles. The molecule has 17 heavy (non-hydrogen) atoms. The predicted molar refractivity (Wildman–Crippen MR) is 82.9 cm³/mol. The number of nitrogens with zero attached hydrogens (tertiary/aromatic N) is 1. The first-order valence-electron chi connectivity index (χ1n) is 5.98. The Morgan fingerprint density at radius 1 is 1.53 bits per heavy atom. The van der Waals surface area contributed by atoms with Gasteiger partial charge in [0.2, 0.25) is 0 Å². The Balaban J connectivity index is 0.00000256. The van der Waals surface area contributed by atoms with E-state index in [1.807, 2.05) is 6.92 Å². The summed E-state index contributed by atoms with van der Waals surface area (Å²) in [6.07, 6.45) is 5.05. The fourth-order valence-electron chi connectivity index (χ4n) is 1.67. The van der Waals surface area contributed by atoms with E-state index in [2.05, 4.69) is 16.9 Å². The van der Waals surface area contributed by atoms with Crippen molar-refractivity contribution in [2.75, 3.05) is 19.7 Å². The molecule has 1 atom stereocenters. The van der Waals surface area contributed by atoms with Crippen LogP contribution in [0.15, 0.2) is 17.1 Å². The molecule has 5 heteroatoms. The monoisotopic (exact) mass is 353 g/mol. The molecule has 0 radical (unpaired) electrons. The lowest BCUT2D eigenvalue weighted by atomic mass is 10.1. The van der Waals surface area contributed by atoms with Gasteiger partial charge in [-0.05, 0) is 32.6 Å². The lowest BCUT2D eigenvalue weighted by Crippen LogP contribution is -2.35. The highest BCUT2D eigenvalue weighted by Crippen LogP contribution is 2.14. The van der Waals surface area contributed by atoms with Crippen LogP contribution in [0.4, 0.5) is 0 Å². The van der Waals surface area contributed by atoms with Gasteiger partial charge in [0.15, 0.2) is 5.96 Å². The highest BCUT2D eigenvalue weighted by Gasteiger charge is 2.12. The third-order valence-corrected chi connectivity index (χ3v) is 2.57. The number of aliphatic imine (C=N–C) groups is 1. The second kappa shape index (κ2) is 9.70. The predicted octanol–water partition coefficient (Wildman–Crippen LogP) is 2.04. The summed E-state index contributed by atoms with van der Waals surface area (Å²) in [5, 5.41) is 3.09. The summed E-state index contributed by atoms with van der Waals surface area (Å²) in [6.45, 7) is 8.04. The molecule has 0 aliphatic carbocycles. The number of halogens is 1. The summed E-state index contributed by atoms with van der Waals surface area (Å²) in [4.78, 5) is 4.15. The first-order valence-corrected chi connectivity index (χ1v) is 5.98. The first kappa shape index (κ1) is 16.7. The average Bonchev–Trinajstić information content (AvgIpc) is 2.28. The Bertz CT molecular complexity index is 250. The summed E-state index contributed by atoms with van der Waals surface area (Å²) >= 11 is 0. The SMILES string of the molecule is C=C(C)CN=C(N)NCCC1CCCCO1.I. The highest BCUT2D eigenvalue weighted by atomic mass is 127. The Kier molecular flexibility index (Phi) is 9.53. The van der Waals surface area contributed by atoms with Crippen molar-refractivity contribution in [3.05, 3.63) is 12.2 Å². The van der Waals surface area contributed by atoms with Gasteiger partial charge in [-0.15, -0.1) is 24.0 Å². The molecule has 0 spiro atoms. The zero-order chi connectivity index (χ0) is 11.8. The van der Waals surface area contributed by atoms with Crippen molar-refractivity contribution in [2.45, 2.75) is 38.7 Å². The molecule has 0 bridgehead atoms. The summed E-state index contributed by atoms with van der Waals surface area (Å²) in [5.41, 5.74) is 6.71. The van der Waals surface area contributed by atoms with Gasteiger partial charge in [0.05, 0.1) is 12.6 Å². The van der Waals surface area contributed by atoms with E-state index >= 15 is 0 Å². The van der Waals surface area contributed by atoms with Crippen molar-refractivity contribution < 1.29 is 4.74 Å². The lowest BCUT2D eigenvalue weighted by Gasteiger charge is -2.22. The van der Waals surface area contributed by atoms with Crippen LogP contribution in [0.25, 0.3) is 0 Å². The topological polar surface area (TPSA) is 59.6 Å². The van der Waals surface area contributed by atoms with E-state index in [0.717, 1.165) is 25.1 Å². The second-order valence-corrected chi connectivity index (χ2v) is 4.36. The maximum absolute atomic E-state index is 5.69. The van der Waals surface area contributed by atoms with Crippen molar-refractivity contribution >= 4 is 29.9 Å². The molecule has 1 rings (SSSR count). The molecule has 1 saturated heterocycles. The van der Waals surface area contributed by atoms with Crippen LogP contribution in [-0.2, 0) is 4.74 Å². The number of hydrogen-bond acceptors (Lipinski definition) is 2. The quantitative estimate of drug-likeness (QED) is 0.344. The van der Waals surface area contributed by atoms with Crippen LogP contribution in [0.1, 0.15) is 32.6 Å². The molecule has 1 unspecified atom stereocenters. The number of nitrogens with two attached hydrogens (primary N) is 1. The van der Waals surface area contributed by atoms with Crippen LogP contribution in [-0.4, -0.2) is 31.8 Å². The standard InChI is InChI=1S/C12H23N3O.HI/c1-10(2)9-15-12(13)14-7-6-11-5-3-4-8-16-11;/h11H,1,3-9H2,2H3,(H3,13,14,15);1H. The van der Waals surface area contributed by atoms with Crippen molar-refractivity contribution in [2.24, 2.45) is 10.7 Å². The lowest BCUT2D eigenvalue weighted by molar-refractivity contribution is 0.0122. The molecule has 0 amide bonds. The van der Waals surface area contributed by atoms with Crippen molar-refractivity contribution in [3.63, 3.8) is 0 Å². The van der Waals surface area contributed by atoms with Crippen LogP contribution < -0.4 is 11.1 Å². The number of nitrogens with one attached hydrogen (secondary N) is 1. The molecule has 100 valence electrons. The van der Waals surface area contributed by atoms with Gasteiger partial charge in [-0.1, -0.05) is 12.2 Å². The Morgan fingerprint density at radius 3 is 2.88 bits per heavy atom. The minimum absolute atomic E-state index is 0. The largest absolute Gasteiger partial charge is 0.378 e. The van der Waals surface area contributed by atoms with Gasteiger partial charge >= 0.3 is 0 Å². The van der Waals surface area contributed by atoms with Crippen LogP contribution in [0.5, 0.6) is 0 Å². The molecular formula is C12H24IN3O. The molecule has 1 aliphatic heterocycles. The van der Waals surface area contributed by atoms with Crippen LogP contribution >= 0.6 is 24.0 Å². The van der Waals surface area contributed by atoms with Crippen molar-refractivity contribution in [3.8, 4) is 0 Å². The van der Waals surface area contributed by atoms with E-state index < -0.39 is 0 Å². The molecule has 0 aromatic rings. The molecule has 0 aromatic carbocycles. The average molecular weight is 353 g/mol. The number of rotatable bonds is 5. The number of hydrogen-bond donors (Lipinski definition) is 2. The van der Waals surface area contributed by atoms with Gasteiger partial charge in [-0.25, -0.2) is 4.99 Å². The van der Waals surface area contributed by atoms with Gasteiger partial charge < -0.3 is 15.8 Å². The van der Waals surface area contributed by atoms with Gasteiger partial charge in [0.25, 0.3) is 0 Å². The van der Waals surface area contributed by atoms with E-state index in [1.165, 1.54) is 19.3 Å². The van der Waals surface area contributed by atoms with Gasteiger partial charge in [-0.2, -0.15) is 0 Å². The van der Waals surface area contributed by atoms with E-state index in [0.29, 0.717) is 18.6 Å². The maximum Gasteiger partial charge on any atom is 0.188 e. The number of guanidine groups is 1. The Labute approximate surface area is 121 Å². The summed E-state index contributed by atoms with van der Waals surface area (Å²) in [6, 6.07) is 0. The van der Waals surface area contributed by atoms with E-state index in [1.54, 1.807) is 0 Å². The molecule has 0 saturated carbocycles. The minimum Gasteiger partial charge on any atom is -0.378 e. The second-order valence-electron chi connectivity index (χ2n) is 4.36. The number of ether oxygens (including phenoxy) is 1. The van der Waals surface area contributed by atoms with E-state index in [9.17, 15) is 0 Å². The first-order chi connectivity index (χ1) is 7.68. The Morgan fingerprint density at radius 2 is 2.29 bits per heavy atom. The van der Waals surface area contributed by atoms with Crippen molar-refractivity contribution in [1.82, 2.24) is 5.32 Å². The molecule has 1 heterocycles. The fraction of sp³-hybridized carbons (Fsp3) is 0.750. The zero-order valence-electron chi connectivity index (χ0n) is 10.6. The third-order valence-electron chi connectivity index (χ3n) is 2.57. The molecule has 3 N–H and O–H groups in total. The van der Waals surface area contributed by atoms with Gasteiger partial charge in [0, 0.05) is 13.2 Å². The van der Waals surface area contributed by atoms with Crippen LogP contribution in [0.2, 0.25) is 0 Å². The maximum atomic E-state index is 5.69. The zero-order valence-corrected chi connectivity index (χ0v) is 12.9. The van der Waals surface area contributed by atoms with Gasteiger partial charge in [-0.3, -0.25) is 0 Å². The van der Waals surface area contributed by atoms with E-state index in [-0.39, 0.29) is 24.0 Å². The third kappa shape index (κ3) is 8.43. The van der Waals surface area contributed by atoms with Crippen LogP contribution in [0.3, 0.4) is 0 Å². The summed E-state index contributed by atoms with van der Waals surface area (Å²) in [7, 11) is 0. The smallest absolute Gasteiger partial charge is 0.188 e. The molecule has 4 nitrogen and oxygen atoms in total. The molecule has 1 aliphatic rings. The highest BCUT2D eigenvalue weighted by molar-refractivity contribution is 14.0. The van der Waals surface area contributed by atoms with E-state index in [4.69, 9.17) is 10.5 Å². The summed E-state index contributed by atoms with van der Waals surface area (Å²) in [5.74, 6) is 0.499. The van der Waals surface area contributed by atoms with Crippen LogP contribution in [0, 0.1) is 0 Å². The van der Waals surface area contributed by atoms with Gasteiger partial charge in [0.1, 0.15) is 0 Å². The summed E-state index contributed by atoms with van der Waals surface area (Å²) < 4.78 is 5.62. The Hall–Kier alpha value is -0.300.